The first-order chi connectivity index (χ1) is 7.93. The molecule has 0 aliphatic rings. The highest BCUT2D eigenvalue weighted by Gasteiger charge is 2.35. The lowest BCUT2D eigenvalue weighted by Gasteiger charge is -1.99. The van der Waals surface area contributed by atoms with Gasteiger partial charge in [-0.1, -0.05) is 6.07 Å². The number of amides is 1. The van der Waals surface area contributed by atoms with Crippen LogP contribution < -0.4 is 4.84 Å². The summed E-state index contributed by atoms with van der Waals surface area (Å²) in [5, 5.41) is 0. The maximum atomic E-state index is 12.4. The van der Waals surface area contributed by atoms with Crippen molar-refractivity contribution in [1.82, 2.24) is 14.8 Å². The first-order valence-electron chi connectivity index (χ1n) is 4.40. The van der Waals surface area contributed by atoms with E-state index < -0.39 is 17.9 Å². The van der Waals surface area contributed by atoms with Gasteiger partial charge in [0.25, 0.3) is 5.91 Å². The maximum Gasteiger partial charge on any atom is 0.449 e. The lowest BCUT2D eigenvalue weighted by Crippen LogP contribution is -2.13. The number of aromatic amines is 1. The molecule has 1 heterocycles. The number of benzene rings is 1. The van der Waals surface area contributed by atoms with Gasteiger partial charge >= 0.3 is 6.18 Å². The zero-order chi connectivity index (χ0) is 12.6. The Morgan fingerprint density at radius 1 is 1.41 bits per heavy atom. The number of para-hydroxylation sites is 1. The van der Waals surface area contributed by atoms with Gasteiger partial charge in [0.15, 0.2) is 0 Å². The summed E-state index contributed by atoms with van der Waals surface area (Å²) in [5.74, 6) is -1.86. The molecule has 0 fully saturated rings. The number of fused-ring (bicyclic) bond motifs is 1. The maximum absolute atomic E-state index is 12.4. The fourth-order valence-corrected chi connectivity index (χ4v) is 1.50. The molecule has 0 bridgehead atoms. The molecule has 4 nitrogen and oxygen atoms in total. The van der Waals surface area contributed by atoms with E-state index in [0.29, 0.717) is 0 Å². The molecule has 90 valence electrons. The quantitative estimate of drug-likeness (QED) is 0.777. The van der Waals surface area contributed by atoms with Crippen LogP contribution in [0.5, 0.6) is 0 Å². The minimum atomic E-state index is -4.59. The summed E-state index contributed by atoms with van der Waals surface area (Å²) >= 11 is 5.12. The summed E-state index contributed by atoms with van der Waals surface area (Å²) in [6, 6.07) is 4.16. The standard InChI is InChI=1S/C9H5ClF3N3O/c10-16-7(17)4-2-1-3-5-6(4)15-8(14-5)9(11,12)13/h1-3H,(H,14,15)(H,16,17). The van der Waals surface area contributed by atoms with Crippen LogP contribution in [0.1, 0.15) is 16.2 Å². The van der Waals surface area contributed by atoms with E-state index in [0.717, 1.165) is 0 Å². The van der Waals surface area contributed by atoms with Gasteiger partial charge in [0.2, 0.25) is 5.82 Å². The smallest absolute Gasteiger partial charge is 0.334 e. The van der Waals surface area contributed by atoms with E-state index in [9.17, 15) is 18.0 Å². The van der Waals surface area contributed by atoms with Crippen molar-refractivity contribution in [3.8, 4) is 0 Å². The molecule has 1 aromatic carbocycles. The van der Waals surface area contributed by atoms with Crippen LogP contribution in [0.4, 0.5) is 13.2 Å². The molecule has 1 aromatic heterocycles. The molecular formula is C9H5ClF3N3O. The number of halogens is 4. The van der Waals surface area contributed by atoms with Gasteiger partial charge in [0, 0.05) is 11.8 Å². The van der Waals surface area contributed by atoms with Crippen molar-refractivity contribution in [3.63, 3.8) is 0 Å². The summed E-state index contributed by atoms with van der Waals surface area (Å²) in [4.78, 5) is 18.6. The summed E-state index contributed by atoms with van der Waals surface area (Å²) in [6.07, 6.45) is -4.59. The Hall–Kier alpha value is -1.76. The number of nitrogens with one attached hydrogen (secondary N) is 2. The van der Waals surface area contributed by atoms with Crippen LogP contribution in [-0.4, -0.2) is 15.9 Å². The minimum Gasteiger partial charge on any atom is -0.334 e. The van der Waals surface area contributed by atoms with Crippen molar-refractivity contribution in [2.45, 2.75) is 6.18 Å². The van der Waals surface area contributed by atoms with Crippen LogP contribution in [-0.2, 0) is 6.18 Å². The molecule has 0 radical (unpaired) electrons. The van der Waals surface area contributed by atoms with Crippen LogP contribution in [0.25, 0.3) is 11.0 Å². The summed E-state index contributed by atoms with van der Waals surface area (Å²) in [5.41, 5.74) is 0.0253. The number of hydrogen-bond acceptors (Lipinski definition) is 2. The second-order valence-electron chi connectivity index (χ2n) is 3.21. The molecule has 1 amide bonds. The van der Waals surface area contributed by atoms with E-state index in [1.807, 2.05) is 4.84 Å². The molecule has 0 aliphatic heterocycles. The van der Waals surface area contributed by atoms with Crippen molar-refractivity contribution >= 4 is 28.7 Å². The lowest BCUT2D eigenvalue weighted by molar-refractivity contribution is -0.144. The van der Waals surface area contributed by atoms with Gasteiger partial charge in [0.05, 0.1) is 11.1 Å². The molecule has 0 aliphatic carbocycles. The van der Waals surface area contributed by atoms with Crippen molar-refractivity contribution in [2.24, 2.45) is 0 Å². The zero-order valence-corrected chi connectivity index (χ0v) is 8.86. The molecule has 2 aromatic rings. The van der Waals surface area contributed by atoms with Gasteiger partial charge in [-0.25, -0.2) is 4.98 Å². The van der Waals surface area contributed by atoms with Gasteiger partial charge < -0.3 is 4.98 Å². The number of carbonyl (C=O) groups excluding carboxylic acids is 1. The molecule has 8 heteroatoms. The third kappa shape index (κ3) is 2.05. The van der Waals surface area contributed by atoms with Gasteiger partial charge in [-0.3, -0.25) is 9.63 Å². The predicted octanol–water partition coefficient (Wildman–Crippen LogP) is 2.47. The van der Waals surface area contributed by atoms with E-state index >= 15 is 0 Å². The number of alkyl halides is 3. The van der Waals surface area contributed by atoms with Gasteiger partial charge in [-0.15, -0.1) is 0 Å². The number of carbonyl (C=O) groups is 1. The number of hydrogen-bond donors (Lipinski definition) is 2. The normalized spacial score (nSPS) is 11.8. The summed E-state index contributed by atoms with van der Waals surface area (Å²) in [6.45, 7) is 0. The Bertz CT molecular complexity index is 578. The second kappa shape index (κ2) is 3.92. The van der Waals surface area contributed by atoms with E-state index in [1.54, 1.807) is 0 Å². The second-order valence-corrected chi connectivity index (χ2v) is 3.40. The molecular weight excluding hydrogens is 259 g/mol. The highest BCUT2D eigenvalue weighted by molar-refractivity contribution is 6.25. The number of nitrogens with zero attached hydrogens (tertiary/aromatic N) is 1. The van der Waals surface area contributed by atoms with Crippen molar-refractivity contribution in [3.05, 3.63) is 29.6 Å². The van der Waals surface area contributed by atoms with Crippen molar-refractivity contribution in [2.75, 3.05) is 0 Å². The Labute approximate surface area is 97.9 Å². The topological polar surface area (TPSA) is 57.8 Å². The van der Waals surface area contributed by atoms with Crippen LogP contribution in [0, 0.1) is 0 Å². The third-order valence-electron chi connectivity index (χ3n) is 2.11. The van der Waals surface area contributed by atoms with Crippen LogP contribution in [0.3, 0.4) is 0 Å². The minimum absolute atomic E-state index is 0.0238. The first-order valence-corrected chi connectivity index (χ1v) is 4.78. The predicted molar refractivity (Wildman–Crippen MR) is 54.4 cm³/mol. The number of H-pyrrole nitrogens is 1. The monoisotopic (exact) mass is 263 g/mol. The number of rotatable bonds is 1. The van der Waals surface area contributed by atoms with Crippen molar-refractivity contribution < 1.29 is 18.0 Å². The molecule has 17 heavy (non-hydrogen) atoms. The Balaban J connectivity index is 2.65. The fourth-order valence-electron chi connectivity index (χ4n) is 1.40. The zero-order valence-electron chi connectivity index (χ0n) is 8.10. The molecule has 2 N–H and O–H groups in total. The lowest BCUT2D eigenvalue weighted by atomic mass is 10.2. The largest absolute Gasteiger partial charge is 0.449 e. The van der Waals surface area contributed by atoms with E-state index in [4.69, 9.17) is 11.8 Å². The van der Waals surface area contributed by atoms with Crippen molar-refractivity contribution in [1.29, 1.82) is 0 Å². The Morgan fingerprint density at radius 2 is 2.12 bits per heavy atom. The Kier molecular flexibility index (Phi) is 2.70. The van der Waals surface area contributed by atoms with Gasteiger partial charge in [-0.2, -0.15) is 13.2 Å². The molecule has 2 rings (SSSR count). The van der Waals surface area contributed by atoms with E-state index in [1.165, 1.54) is 18.2 Å². The Morgan fingerprint density at radius 3 is 2.71 bits per heavy atom. The van der Waals surface area contributed by atoms with Crippen LogP contribution in [0.2, 0.25) is 0 Å². The average molecular weight is 264 g/mol. The average Bonchev–Trinajstić information content (AvgIpc) is 2.71. The van der Waals surface area contributed by atoms with E-state index in [-0.39, 0.29) is 16.6 Å². The summed E-state index contributed by atoms with van der Waals surface area (Å²) < 4.78 is 37.3. The SMILES string of the molecule is O=C(NCl)c1cccc2[nH]c(C(F)(F)F)nc12. The van der Waals surface area contributed by atoms with Crippen LogP contribution in [0.15, 0.2) is 18.2 Å². The highest BCUT2D eigenvalue weighted by atomic mass is 35.5. The molecule has 0 spiro atoms. The highest BCUT2D eigenvalue weighted by Crippen LogP contribution is 2.29. The molecule has 0 saturated carbocycles. The molecule has 0 atom stereocenters. The van der Waals surface area contributed by atoms with Crippen LogP contribution >= 0.6 is 11.8 Å². The number of imidazole rings is 1. The summed E-state index contributed by atoms with van der Waals surface area (Å²) in [7, 11) is 0. The first kappa shape index (κ1) is 11.7. The van der Waals surface area contributed by atoms with E-state index in [2.05, 4.69) is 9.97 Å². The number of aromatic nitrogens is 2. The van der Waals surface area contributed by atoms with Gasteiger partial charge in [-0.05, 0) is 12.1 Å². The van der Waals surface area contributed by atoms with Gasteiger partial charge in [0.1, 0.15) is 5.52 Å². The fraction of sp³-hybridized carbons (Fsp3) is 0.111. The molecule has 0 unspecified atom stereocenters. The third-order valence-corrected chi connectivity index (χ3v) is 2.28. The molecule has 0 saturated heterocycles.